The van der Waals surface area contributed by atoms with Crippen LogP contribution in [0.25, 0.3) is 0 Å². The van der Waals surface area contributed by atoms with Gasteiger partial charge in [0.1, 0.15) is 0 Å². The Labute approximate surface area is 124 Å². The molecule has 2 unspecified atom stereocenters. The van der Waals surface area contributed by atoms with Gasteiger partial charge in [-0.05, 0) is 37.0 Å². The molecule has 0 aromatic carbocycles. The van der Waals surface area contributed by atoms with E-state index in [0.29, 0.717) is 11.8 Å². The van der Waals surface area contributed by atoms with Crippen LogP contribution in [-0.2, 0) is 4.79 Å². The van der Waals surface area contributed by atoms with Crippen LogP contribution in [0.3, 0.4) is 0 Å². The van der Waals surface area contributed by atoms with Crippen LogP contribution in [0.15, 0.2) is 0 Å². The van der Waals surface area contributed by atoms with Crippen molar-refractivity contribution in [2.24, 2.45) is 17.8 Å². The standard InChI is InChI=1S/C17H32N2O/c1-5-6-15-17(20)19(16(18-15)12(2)3)11-14-9-7-13(4)8-10-14/h12-16,18H,5-11H2,1-4H3. The molecule has 2 atom stereocenters. The Bertz CT molecular complexity index is 321. The van der Waals surface area contributed by atoms with E-state index in [4.69, 9.17) is 0 Å². The minimum absolute atomic E-state index is 0.0647. The van der Waals surface area contributed by atoms with Gasteiger partial charge in [-0.1, -0.05) is 47.0 Å². The van der Waals surface area contributed by atoms with Gasteiger partial charge >= 0.3 is 0 Å². The molecule has 1 saturated carbocycles. The molecule has 20 heavy (non-hydrogen) atoms. The number of nitrogens with one attached hydrogen (secondary N) is 1. The second kappa shape index (κ2) is 6.93. The van der Waals surface area contributed by atoms with Gasteiger partial charge in [-0.2, -0.15) is 0 Å². The lowest BCUT2D eigenvalue weighted by Gasteiger charge is -2.33. The molecule has 1 aliphatic heterocycles. The topological polar surface area (TPSA) is 32.3 Å². The Kier molecular flexibility index (Phi) is 5.48. The summed E-state index contributed by atoms with van der Waals surface area (Å²) in [7, 11) is 0. The number of nitrogens with zero attached hydrogens (tertiary/aromatic N) is 1. The van der Waals surface area contributed by atoms with Crippen molar-refractivity contribution in [3.05, 3.63) is 0 Å². The summed E-state index contributed by atoms with van der Waals surface area (Å²) in [4.78, 5) is 14.8. The van der Waals surface area contributed by atoms with Crippen LogP contribution in [0.5, 0.6) is 0 Å². The molecule has 1 N–H and O–H groups in total. The Morgan fingerprint density at radius 3 is 2.45 bits per heavy atom. The van der Waals surface area contributed by atoms with Crippen molar-refractivity contribution >= 4 is 5.91 Å². The molecule has 2 fully saturated rings. The molecule has 2 rings (SSSR count). The number of hydrogen-bond donors (Lipinski definition) is 1. The highest BCUT2D eigenvalue weighted by Crippen LogP contribution is 2.31. The third kappa shape index (κ3) is 3.55. The molecule has 1 aliphatic carbocycles. The normalized spacial score (nSPS) is 35.0. The fourth-order valence-electron chi connectivity index (χ4n) is 3.75. The zero-order chi connectivity index (χ0) is 14.7. The van der Waals surface area contributed by atoms with Gasteiger partial charge in [-0.25, -0.2) is 0 Å². The first-order valence-electron chi connectivity index (χ1n) is 8.59. The maximum absolute atomic E-state index is 12.6. The van der Waals surface area contributed by atoms with Crippen LogP contribution in [0.2, 0.25) is 0 Å². The Morgan fingerprint density at radius 1 is 1.25 bits per heavy atom. The second-order valence-corrected chi connectivity index (χ2v) is 7.31. The van der Waals surface area contributed by atoms with E-state index in [0.717, 1.165) is 31.2 Å². The molecule has 0 aromatic rings. The van der Waals surface area contributed by atoms with Crippen molar-refractivity contribution in [1.82, 2.24) is 10.2 Å². The van der Waals surface area contributed by atoms with E-state index in [-0.39, 0.29) is 12.2 Å². The van der Waals surface area contributed by atoms with Gasteiger partial charge in [0.25, 0.3) is 0 Å². The third-order valence-electron chi connectivity index (χ3n) is 5.09. The molecule has 3 heteroatoms. The Hall–Kier alpha value is -0.570. The van der Waals surface area contributed by atoms with Crippen LogP contribution >= 0.6 is 0 Å². The quantitative estimate of drug-likeness (QED) is 0.837. The summed E-state index contributed by atoms with van der Waals surface area (Å²) in [5.41, 5.74) is 0. The van der Waals surface area contributed by atoms with Crippen molar-refractivity contribution < 1.29 is 4.79 Å². The number of amides is 1. The van der Waals surface area contributed by atoms with Crippen molar-refractivity contribution in [2.75, 3.05) is 6.54 Å². The number of carbonyl (C=O) groups is 1. The van der Waals surface area contributed by atoms with Crippen molar-refractivity contribution in [3.63, 3.8) is 0 Å². The SMILES string of the molecule is CCCC1NC(C(C)C)N(CC2CCC(C)CC2)C1=O. The summed E-state index contributed by atoms with van der Waals surface area (Å²) in [6, 6.07) is 0.0647. The maximum atomic E-state index is 12.6. The lowest BCUT2D eigenvalue weighted by Crippen LogP contribution is -2.44. The molecule has 1 amide bonds. The lowest BCUT2D eigenvalue weighted by molar-refractivity contribution is -0.131. The average molecular weight is 280 g/mol. The summed E-state index contributed by atoms with van der Waals surface area (Å²) in [5, 5.41) is 3.57. The Morgan fingerprint density at radius 2 is 1.90 bits per heavy atom. The highest BCUT2D eigenvalue weighted by atomic mass is 16.2. The molecular weight excluding hydrogens is 248 g/mol. The van der Waals surface area contributed by atoms with Gasteiger partial charge in [-0.3, -0.25) is 10.1 Å². The summed E-state index contributed by atoms with van der Waals surface area (Å²) in [5.74, 6) is 2.44. The van der Waals surface area contributed by atoms with E-state index in [9.17, 15) is 4.79 Å². The third-order valence-corrected chi connectivity index (χ3v) is 5.09. The van der Waals surface area contributed by atoms with Gasteiger partial charge in [0.15, 0.2) is 0 Å². The van der Waals surface area contributed by atoms with Crippen LogP contribution in [-0.4, -0.2) is 29.6 Å². The highest BCUT2D eigenvalue weighted by Gasteiger charge is 2.40. The molecule has 0 bridgehead atoms. The van der Waals surface area contributed by atoms with Gasteiger partial charge < -0.3 is 4.90 Å². The van der Waals surface area contributed by atoms with Crippen molar-refractivity contribution in [2.45, 2.75) is 78.4 Å². The number of hydrogen-bond acceptors (Lipinski definition) is 2. The molecule has 0 spiro atoms. The smallest absolute Gasteiger partial charge is 0.241 e. The van der Waals surface area contributed by atoms with Gasteiger partial charge in [-0.15, -0.1) is 0 Å². The molecule has 116 valence electrons. The molecule has 1 heterocycles. The molecule has 0 radical (unpaired) electrons. The van der Waals surface area contributed by atoms with E-state index in [1.165, 1.54) is 25.7 Å². The van der Waals surface area contributed by atoms with Crippen LogP contribution in [0.1, 0.15) is 66.2 Å². The van der Waals surface area contributed by atoms with E-state index >= 15 is 0 Å². The molecule has 2 aliphatic rings. The summed E-state index contributed by atoms with van der Waals surface area (Å²) in [6.45, 7) is 9.92. The van der Waals surface area contributed by atoms with Gasteiger partial charge in [0.05, 0.1) is 12.2 Å². The fraction of sp³-hybridized carbons (Fsp3) is 0.941. The average Bonchev–Trinajstić information content (AvgIpc) is 2.71. The van der Waals surface area contributed by atoms with Crippen molar-refractivity contribution in [1.29, 1.82) is 0 Å². The minimum Gasteiger partial charge on any atom is -0.325 e. The van der Waals surface area contributed by atoms with E-state index < -0.39 is 0 Å². The van der Waals surface area contributed by atoms with Crippen LogP contribution in [0.4, 0.5) is 0 Å². The van der Waals surface area contributed by atoms with E-state index in [1.54, 1.807) is 0 Å². The van der Waals surface area contributed by atoms with E-state index in [1.807, 2.05) is 0 Å². The number of carbonyl (C=O) groups excluding carboxylic acids is 1. The second-order valence-electron chi connectivity index (χ2n) is 7.31. The van der Waals surface area contributed by atoms with Crippen molar-refractivity contribution in [3.8, 4) is 0 Å². The first kappa shape index (κ1) is 15.8. The predicted molar refractivity (Wildman–Crippen MR) is 83.3 cm³/mol. The van der Waals surface area contributed by atoms with Crippen LogP contribution in [0, 0.1) is 17.8 Å². The largest absolute Gasteiger partial charge is 0.325 e. The fourth-order valence-corrected chi connectivity index (χ4v) is 3.75. The predicted octanol–water partition coefficient (Wildman–Crippen LogP) is 3.40. The van der Waals surface area contributed by atoms with Gasteiger partial charge in [0.2, 0.25) is 5.91 Å². The molecule has 0 aromatic heterocycles. The first-order valence-corrected chi connectivity index (χ1v) is 8.59. The monoisotopic (exact) mass is 280 g/mol. The summed E-state index contributed by atoms with van der Waals surface area (Å²) < 4.78 is 0. The Balaban J connectivity index is 1.97. The first-order chi connectivity index (χ1) is 9.52. The molecule has 3 nitrogen and oxygen atoms in total. The summed E-state index contributed by atoms with van der Waals surface area (Å²) >= 11 is 0. The van der Waals surface area contributed by atoms with Crippen LogP contribution < -0.4 is 5.32 Å². The summed E-state index contributed by atoms with van der Waals surface area (Å²) in [6.07, 6.45) is 7.57. The maximum Gasteiger partial charge on any atom is 0.241 e. The zero-order valence-corrected chi connectivity index (χ0v) is 13.7. The zero-order valence-electron chi connectivity index (χ0n) is 13.7. The lowest BCUT2D eigenvalue weighted by atomic mass is 9.82. The number of rotatable bonds is 5. The van der Waals surface area contributed by atoms with E-state index in [2.05, 4.69) is 37.9 Å². The molecular formula is C17H32N2O. The minimum atomic E-state index is 0.0647. The highest BCUT2D eigenvalue weighted by molar-refractivity contribution is 5.84. The van der Waals surface area contributed by atoms with Gasteiger partial charge in [0, 0.05) is 6.54 Å². The molecule has 1 saturated heterocycles.